The van der Waals surface area contributed by atoms with Crippen molar-refractivity contribution in [1.82, 2.24) is 24.5 Å². The van der Waals surface area contributed by atoms with E-state index in [2.05, 4.69) is 37.4 Å². The first kappa shape index (κ1) is 16.9. The van der Waals surface area contributed by atoms with Gasteiger partial charge in [0.2, 0.25) is 0 Å². The Kier molecular flexibility index (Phi) is 4.81. The Labute approximate surface area is 153 Å². The third-order valence-electron chi connectivity index (χ3n) is 4.73. The number of aromatic nitrogens is 4. The lowest BCUT2D eigenvalue weighted by Crippen LogP contribution is -2.41. The van der Waals surface area contributed by atoms with Crippen molar-refractivity contribution in [3.63, 3.8) is 0 Å². The molecule has 1 fully saturated rings. The molecule has 136 valence electrons. The second-order valence-electron chi connectivity index (χ2n) is 6.66. The fraction of sp³-hybridized carbons (Fsp3) is 0.421. The van der Waals surface area contributed by atoms with Gasteiger partial charge in [0.25, 0.3) is 0 Å². The van der Waals surface area contributed by atoms with Gasteiger partial charge in [0, 0.05) is 49.9 Å². The van der Waals surface area contributed by atoms with Crippen LogP contribution in [0.4, 0.5) is 5.82 Å². The summed E-state index contributed by atoms with van der Waals surface area (Å²) in [5.41, 5.74) is 4.07. The highest BCUT2D eigenvalue weighted by Crippen LogP contribution is 2.23. The van der Waals surface area contributed by atoms with E-state index in [-0.39, 0.29) is 6.04 Å². The summed E-state index contributed by atoms with van der Waals surface area (Å²) in [6.45, 7) is 8.19. The molecule has 1 aliphatic heterocycles. The molecule has 3 aromatic rings. The van der Waals surface area contributed by atoms with Crippen LogP contribution in [0.15, 0.2) is 36.7 Å². The van der Waals surface area contributed by atoms with E-state index in [0.717, 1.165) is 55.7 Å². The normalized spacial score (nSPS) is 16.7. The minimum absolute atomic E-state index is 0.252. The average molecular weight is 352 g/mol. The van der Waals surface area contributed by atoms with E-state index in [0.29, 0.717) is 0 Å². The number of morpholine rings is 1. The molecule has 0 aliphatic carbocycles. The number of nitrogens with one attached hydrogen (secondary N) is 1. The Morgan fingerprint density at radius 1 is 1.12 bits per heavy atom. The minimum Gasteiger partial charge on any atom is -0.379 e. The van der Waals surface area contributed by atoms with Gasteiger partial charge in [0.05, 0.1) is 24.9 Å². The van der Waals surface area contributed by atoms with Crippen LogP contribution in [0.25, 0.3) is 5.65 Å². The molecular weight excluding hydrogens is 328 g/mol. The van der Waals surface area contributed by atoms with Gasteiger partial charge in [-0.1, -0.05) is 0 Å². The van der Waals surface area contributed by atoms with E-state index in [1.165, 1.54) is 5.56 Å². The third kappa shape index (κ3) is 3.54. The Bertz CT molecular complexity index is 872. The van der Waals surface area contributed by atoms with Crippen molar-refractivity contribution in [2.75, 3.05) is 38.2 Å². The number of hydrogen-bond donors (Lipinski definition) is 1. The zero-order chi connectivity index (χ0) is 17.9. The molecule has 7 nitrogen and oxygen atoms in total. The van der Waals surface area contributed by atoms with Gasteiger partial charge in [0.15, 0.2) is 5.65 Å². The zero-order valence-electron chi connectivity index (χ0n) is 15.2. The SMILES string of the molecule is Cc1cc(NC[C@H](c2ccncc2)N2CCOCC2)n2nc(C)cc2n1. The van der Waals surface area contributed by atoms with Crippen molar-refractivity contribution in [3.8, 4) is 0 Å². The molecule has 7 heteroatoms. The molecule has 1 atom stereocenters. The van der Waals surface area contributed by atoms with Gasteiger partial charge in [-0.15, -0.1) is 0 Å². The van der Waals surface area contributed by atoms with Crippen LogP contribution < -0.4 is 5.32 Å². The summed E-state index contributed by atoms with van der Waals surface area (Å²) in [6, 6.07) is 8.48. The van der Waals surface area contributed by atoms with Crippen molar-refractivity contribution >= 4 is 11.5 Å². The molecule has 0 aromatic carbocycles. The lowest BCUT2D eigenvalue weighted by molar-refractivity contribution is 0.0187. The van der Waals surface area contributed by atoms with Crippen LogP contribution in [0, 0.1) is 13.8 Å². The fourth-order valence-corrected chi connectivity index (χ4v) is 3.47. The van der Waals surface area contributed by atoms with Crippen LogP contribution in [0.5, 0.6) is 0 Å². The maximum Gasteiger partial charge on any atom is 0.157 e. The summed E-state index contributed by atoms with van der Waals surface area (Å²) in [5, 5.41) is 8.16. The first-order valence-corrected chi connectivity index (χ1v) is 9.00. The maximum atomic E-state index is 5.53. The van der Waals surface area contributed by atoms with Crippen molar-refractivity contribution in [3.05, 3.63) is 53.6 Å². The van der Waals surface area contributed by atoms with E-state index in [9.17, 15) is 0 Å². The van der Waals surface area contributed by atoms with Gasteiger partial charge < -0.3 is 10.1 Å². The summed E-state index contributed by atoms with van der Waals surface area (Å²) in [6.07, 6.45) is 3.71. The van der Waals surface area contributed by atoms with Crippen molar-refractivity contribution < 1.29 is 4.74 Å². The Balaban J connectivity index is 1.60. The van der Waals surface area contributed by atoms with E-state index in [1.54, 1.807) is 0 Å². The molecule has 1 saturated heterocycles. The highest BCUT2D eigenvalue weighted by Gasteiger charge is 2.23. The molecule has 0 spiro atoms. The molecule has 0 radical (unpaired) electrons. The van der Waals surface area contributed by atoms with Gasteiger partial charge in [-0.2, -0.15) is 9.61 Å². The van der Waals surface area contributed by atoms with E-state index in [4.69, 9.17) is 4.74 Å². The minimum atomic E-state index is 0.252. The number of fused-ring (bicyclic) bond motifs is 1. The third-order valence-corrected chi connectivity index (χ3v) is 4.73. The van der Waals surface area contributed by atoms with Crippen molar-refractivity contribution in [1.29, 1.82) is 0 Å². The Hall–Kier alpha value is -2.51. The van der Waals surface area contributed by atoms with E-state index in [1.807, 2.05) is 42.9 Å². The monoisotopic (exact) mass is 352 g/mol. The zero-order valence-corrected chi connectivity index (χ0v) is 15.2. The van der Waals surface area contributed by atoms with E-state index >= 15 is 0 Å². The molecule has 4 rings (SSSR count). The second-order valence-corrected chi connectivity index (χ2v) is 6.66. The first-order chi connectivity index (χ1) is 12.7. The number of anilines is 1. The van der Waals surface area contributed by atoms with Crippen LogP contribution in [0.3, 0.4) is 0 Å². The smallest absolute Gasteiger partial charge is 0.157 e. The molecular formula is C19H24N6O. The number of ether oxygens (including phenoxy) is 1. The average Bonchev–Trinajstić information content (AvgIpc) is 3.03. The Morgan fingerprint density at radius 2 is 1.88 bits per heavy atom. The largest absolute Gasteiger partial charge is 0.379 e. The number of aryl methyl sites for hydroxylation is 2. The molecule has 1 aliphatic rings. The molecule has 0 amide bonds. The predicted octanol–water partition coefficient (Wildman–Crippen LogP) is 2.23. The van der Waals surface area contributed by atoms with Crippen LogP contribution in [-0.2, 0) is 4.74 Å². The summed E-state index contributed by atoms with van der Waals surface area (Å²) in [5.74, 6) is 0.966. The predicted molar refractivity (Wildman–Crippen MR) is 100 cm³/mol. The molecule has 0 unspecified atom stereocenters. The molecule has 1 N–H and O–H groups in total. The molecule has 0 saturated carbocycles. The van der Waals surface area contributed by atoms with Crippen LogP contribution in [0.2, 0.25) is 0 Å². The van der Waals surface area contributed by atoms with Crippen molar-refractivity contribution in [2.45, 2.75) is 19.9 Å². The molecule has 3 aromatic heterocycles. The number of pyridine rings is 1. The number of hydrogen-bond acceptors (Lipinski definition) is 6. The standard InChI is InChI=1S/C19H24N6O/c1-14-11-18(25-19(22-14)12-15(2)23-25)21-13-17(16-3-5-20-6-4-16)24-7-9-26-10-8-24/h3-6,11-12,17,21H,7-10,13H2,1-2H3/t17-/m1/s1. The molecule has 0 bridgehead atoms. The van der Waals surface area contributed by atoms with Gasteiger partial charge in [-0.05, 0) is 31.5 Å². The first-order valence-electron chi connectivity index (χ1n) is 9.00. The fourth-order valence-electron chi connectivity index (χ4n) is 3.47. The van der Waals surface area contributed by atoms with Crippen LogP contribution in [-0.4, -0.2) is 57.3 Å². The summed E-state index contributed by atoms with van der Waals surface area (Å²) in [4.78, 5) is 11.2. The summed E-state index contributed by atoms with van der Waals surface area (Å²) < 4.78 is 7.41. The maximum absolute atomic E-state index is 5.53. The number of rotatable bonds is 5. The topological polar surface area (TPSA) is 67.6 Å². The molecule has 4 heterocycles. The lowest BCUT2D eigenvalue weighted by atomic mass is 10.1. The van der Waals surface area contributed by atoms with Gasteiger partial charge in [0.1, 0.15) is 5.82 Å². The van der Waals surface area contributed by atoms with Gasteiger partial charge in [-0.25, -0.2) is 4.98 Å². The van der Waals surface area contributed by atoms with Crippen LogP contribution >= 0.6 is 0 Å². The Morgan fingerprint density at radius 3 is 2.65 bits per heavy atom. The second kappa shape index (κ2) is 7.39. The highest BCUT2D eigenvalue weighted by molar-refractivity contribution is 5.50. The van der Waals surface area contributed by atoms with Gasteiger partial charge in [-0.3, -0.25) is 9.88 Å². The quantitative estimate of drug-likeness (QED) is 0.759. The van der Waals surface area contributed by atoms with E-state index < -0.39 is 0 Å². The van der Waals surface area contributed by atoms with Crippen LogP contribution in [0.1, 0.15) is 23.0 Å². The highest BCUT2D eigenvalue weighted by atomic mass is 16.5. The number of nitrogens with zero attached hydrogens (tertiary/aromatic N) is 5. The van der Waals surface area contributed by atoms with Gasteiger partial charge >= 0.3 is 0 Å². The summed E-state index contributed by atoms with van der Waals surface area (Å²) in [7, 11) is 0. The summed E-state index contributed by atoms with van der Waals surface area (Å²) >= 11 is 0. The van der Waals surface area contributed by atoms with Crippen molar-refractivity contribution in [2.24, 2.45) is 0 Å². The molecule has 26 heavy (non-hydrogen) atoms. The lowest BCUT2D eigenvalue weighted by Gasteiger charge is -2.35.